The molecule has 1 aliphatic heterocycles. The number of likely N-dealkylation sites (N-methyl/N-ethyl adjacent to an activating group) is 1. The SMILES string of the molecule is C=CCN(C)C[C@H]1C[C@@H](c2ccc(CO)cc2)O[C@@H](c2cccc(-c3cccc(CNS(=O)(=O)c4ccccc4)c3)c2)O1. The first-order valence-electron chi connectivity index (χ1n) is 14.4. The summed E-state index contributed by atoms with van der Waals surface area (Å²) in [5.41, 5.74) is 5.60. The molecule has 4 aromatic rings. The van der Waals surface area contributed by atoms with E-state index in [4.69, 9.17) is 9.47 Å². The van der Waals surface area contributed by atoms with Gasteiger partial charge in [-0.1, -0.05) is 84.9 Å². The molecule has 3 atom stereocenters. The van der Waals surface area contributed by atoms with Gasteiger partial charge in [0.15, 0.2) is 6.29 Å². The number of nitrogens with one attached hydrogen (secondary N) is 1. The van der Waals surface area contributed by atoms with Crippen LogP contribution in [0.1, 0.15) is 41.1 Å². The Bertz CT molecular complexity index is 1610. The van der Waals surface area contributed by atoms with Crippen molar-refractivity contribution in [3.8, 4) is 11.1 Å². The maximum absolute atomic E-state index is 12.7. The summed E-state index contributed by atoms with van der Waals surface area (Å²) in [4.78, 5) is 2.42. The fourth-order valence-corrected chi connectivity index (χ4v) is 6.30. The van der Waals surface area contributed by atoms with Crippen molar-refractivity contribution in [2.24, 2.45) is 0 Å². The molecule has 1 saturated heterocycles. The zero-order chi connectivity index (χ0) is 30.2. The molecule has 7 nitrogen and oxygen atoms in total. The van der Waals surface area contributed by atoms with E-state index in [9.17, 15) is 13.5 Å². The molecule has 43 heavy (non-hydrogen) atoms. The van der Waals surface area contributed by atoms with E-state index in [0.29, 0.717) is 6.42 Å². The van der Waals surface area contributed by atoms with Crippen molar-refractivity contribution < 1.29 is 23.0 Å². The molecule has 0 bridgehead atoms. The van der Waals surface area contributed by atoms with E-state index in [-0.39, 0.29) is 30.3 Å². The van der Waals surface area contributed by atoms with Gasteiger partial charge >= 0.3 is 0 Å². The fraction of sp³-hybridized carbons (Fsp3) is 0.257. The maximum Gasteiger partial charge on any atom is 0.240 e. The third-order valence-electron chi connectivity index (χ3n) is 7.51. The van der Waals surface area contributed by atoms with Crippen LogP contribution >= 0.6 is 0 Å². The van der Waals surface area contributed by atoms with Crippen molar-refractivity contribution >= 4 is 10.0 Å². The Morgan fingerprint density at radius 2 is 1.60 bits per heavy atom. The lowest BCUT2D eigenvalue weighted by molar-refractivity contribution is -0.252. The van der Waals surface area contributed by atoms with Gasteiger partial charge in [-0.05, 0) is 59.1 Å². The number of hydrogen-bond acceptors (Lipinski definition) is 6. The number of hydrogen-bond donors (Lipinski definition) is 2. The number of nitrogens with zero attached hydrogens (tertiary/aromatic N) is 1. The van der Waals surface area contributed by atoms with Gasteiger partial charge in [-0.15, -0.1) is 6.58 Å². The second-order valence-corrected chi connectivity index (χ2v) is 12.6. The zero-order valence-electron chi connectivity index (χ0n) is 24.3. The predicted molar refractivity (Wildman–Crippen MR) is 168 cm³/mol. The molecule has 1 heterocycles. The fourth-order valence-electron chi connectivity index (χ4n) is 5.26. The topological polar surface area (TPSA) is 88.1 Å². The van der Waals surface area contributed by atoms with Crippen LogP contribution in [0.2, 0.25) is 0 Å². The molecular weight excluding hydrogens is 560 g/mol. The lowest BCUT2D eigenvalue weighted by Gasteiger charge is -2.37. The molecule has 5 rings (SSSR count). The monoisotopic (exact) mass is 598 g/mol. The summed E-state index contributed by atoms with van der Waals surface area (Å²) in [6.45, 7) is 5.52. The van der Waals surface area contributed by atoms with Gasteiger partial charge in [0.25, 0.3) is 0 Å². The average molecular weight is 599 g/mol. The highest BCUT2D eigenvalue weighted by Crippen LogP contribution is 2.39. The highest BCUT2D eigenvalue weighted by molar-refractivity contribution is 7.89. The van der Waals surface area contributed by atoms with E-state index in [0.717, 1.165) is 46.5 Å². The number of benzene rings is 4. The normalized spacial score (nSPS) is 18.9. The Morgan fingerprint density at radius 3 is 2.33 bits per heavy atom. The summed E-state index contributed by atoms with van der Waals surface area (Å²) in [6, 6.07) is 32.2. The van der Waals surface area contributed by atoms with E-state index < -0.39 is 16.3 Å². The van der Waals surface area contributed by atoms with Gasteiger partial charge in [0, 0.05) is 31.6 Å². The van der Waals surface area contributed by atoms with Crippen molar-refractivity contribution in [1.82, 2.24) is 9.62 Å². The van der Waals surface area contributed by atoms with Gasteiger partial charge < -0.3 is 19.5 Å². The maximum atomic E-state index is 12.7. The van der Waals surface area contributed by atoms with E-state index in [1.165, 1.54) is 0 Å². The van der Waals surface area contributed by atoms with Crippen LogP contribution in [-0.2, 0) is 32.6 Å². The van der Waals surface area contributed by atoms with Crippen LogP contribution in [0.3, 0.4) is 0 Å². The molecule has 0 aliphatic carbocycles. The molecular formula is C35H38N2O5S. The van der Waals surface area contributed by atoms with Gasteiger partial charge in [-0.3, -0.25) is 0 Å². The first kappa shape index (κ1) is 30.8. The second-order valence-electron chi connectivity index (χ2n) is 10.8. The van der Waals surface area contributed by atoms with Gasteiger partial charge in [0.1, 0.15) is 0 Å². The molecule has 8 heteroatoms. The Hall–Kier alpha value is -3.63. The summed E-state index contributed by atoms with van der Waals surface area (Å²) < 4.78 is 41.2. The summed E-state index contributed by atoms with van der Waals surface area (Å²) in [6.07, 6.45) is 1.79. The van der Waals surface area contributed by atoms with Crippen LogP contribution in [0, 0.1) is 0 Å². The smallest absolute Gasteiger partial charge is 0.240 e. The standard InChI is InChI=1S/C35H38N2O5S/c1-3-19-37(2)24-32-22-34(28-17-15-26(25-38)16-18-28)42-35(41-32)31-12-8-11-30(21-31)29-10-7-9-27(20-29)23-36-43(39,40)33-13-5-4-6-14-33/h3-18,20-21,32,34-36,38H,1,19,22-25H2,2H3/t32-,34+,35+/m1/s1. The third kappa shape index (κ3) is 8.06. The largest absolute Gasteiger partial charge is 0.392 e. The summed E-state index contributed by atoms with van der Waals surface area (Å²) >= 11 is 0. The highest BCUT2D eigenvalue weighted by atomic mass is 32.2. The molecule has 1 fully saturated rings. The van der Waals surface area contributed by atoms with Crippen LogP contribution in [0.15, 0.2) is 121 Å². The third-order valence-corrected chi connectivity index (χ3v) is 8.93. The van der Waals surface area contributed by atoms with Crippen LogP contribution < -0.4 is 4.72 Å². The first-order chi connectivity index (χ1) is 20.8. The minimum absolute atomic E-state index is 0.000589. The molecule has 1 aliphatic rings. The quantitative estimate of drug-likeness (QED) is 0.195. The van der Waals surface area contributed by atoms with Gasteiger partial charge in [-0.25, -0.2) is 13.1 Å². The Kier molecular flexibility index (Phi) is 10.2. The van der Waals surface area contributed by atoms with E-state index in [1.54, 1.807) is 30.3 Å². The van der Waals surface area contributed by atoms with Crippen LogP contribution in [-0.4, -0.2) is 44.7 Å². The minimum atomic E-state index is -3.61. The first-order valence-corrected chi connectivity index (χ1v) is 15.9. The average Bonchev–Trinajstić information content (AvgIpc) is 3.04. The molecule has 4 aromatic carbocycles. The van der Waals surface area contributed by atoms with E-state index >= 15 is 0 Å². The van der Waals surface area contributed by atoms with E-state index in [2.05, 4.69) is 22.3 Å². The van der Waals surface area contributed by atoms with Crippen LogP contribution in [0.5, 0.6) is 0 Å². The molecule has 0 radical (unpaired) electrons. The van der Waals surface area contributed by atoms with Crippen molar-refractivity contribution in [2.75, 3.05) is 20.1 Å². The zero-order valence-corrected chi connectivity index (χ0v) is 25.1. The summed E-state index contributed by atoms with van der Waals surface area (Å²) in [5, 5.41) is 9.48. The second kappa shape index (κ2) is 14.2. The van der Waals surface area contributed by atoms with Crippen molar-refractivity contribution in [2.45, 2.75) is 43.0 Å². The lowest BCUT2D eigenvalue weighted by Crippen LogP contribution is -2.37. The van der Waals surface area contributed by atoms with Gasteiger partial charge in [-0.2, -0.15) is 0 Å². The Morgan fingerprint density at radius 1 is 0.884 bits per heavy atom. The predicted octanol–water partition coefficient (Wildman–Crippen LogP) is 5.99. The molecule has 0 unspecified atom stereocenters. The molecule has 0 aromatic heterocycles. The molecule has 0 amide bonds. The minimum Gasteiger partial charge on any atom is -0.392 e. The Balaban J connectivity index is 1.35. The van der Waals surface area contributed by atoms with Crippen LogP contribution in [0.25, 0.3) is 11.1 Å². The molecule has 2 N–H and O–H groups in total. The molecule has 0 spiro atoms. The number of ether oxygens (including phenoxy) is 2. The number of rotatable bonds is 12. The number of sulfonamides is 1. The Labute approximate surface area is 254 Å². The van der Waals surface area contributed by atoms with Gasteiger partial charge in [0.2, 0.25) is 10.0 Å². The van der Waals surface area contributed by atoms with E-state index in [1.807, 2.05) is 79.9 Å². The summed E-state index contributed by atoms with van der Waals surface area (Å²) in [5.74, 6) is 0. The number of aliphatic hydroxyl groups excluding tert-OH is 1. The highest BCUT2D eigenvalue weighted by Gasteiger charge is 2.32. The van der Waals surface area contributed by atoms with Crippen molar-refractivity contribution in [1.29, 1.82) is 0 Å². The number of aliphatic hydroxyl groups is 1. The lowest BCUT2D eigenvalue weighted by atomic mass is 9.98. The van der Waals surface area contributed by atoms with Crippen molar-refractivity contribution in [3.63, 3.8) is 0 Å². The summed E-state index contributed by atoms with van der Waals surface area (Å²) in [7, 11) is -1.56. The van der Waals surface area contributed by atoms with Gasteiger partial charge in [0.05, 0.1) is 23.7 Å². The molecule has 224 valence electrons. The van der Waals surface area contributed by atoms with Crippen molar-refractivity contribution in [3.05, 3.63) is 138 Å². The van der Waals surface area contributed by atoms with Crippen LogP contribution in [0.4, 0.5) is 0 Å². The molecule has 0 saturated carbocycles.